The number of ether oxygens (including phenoxy) is 1. The third kappa shape index (κ3) is 3.33. The lowest BCUT2D eigenvalue weighted by atomic mass is 10.1. The molecule has 8 heteroatoms. The average Bonchev–Trinajstić information content (AvgIpc) is 3.27. The third-order valence-electron chi connectivity index (χ3n) is 6.04. The van der Waals surface area contributed by atoms with E-state index in [1.165, 1.54) is 10.4 Å². The molecule has 0 spiro atoms. The summed E-state index contributed by atoms with van der Waals surface area (Å²) < 4.78 is 34.7. The van der Waals surface area contributed by atoms with Crippen LogP contribution in [0.3, 0.4) is 0 Å². The predicted molar refractivity (Wildman–Crippen MR) is 115 cm³/mol. The van der Waals surface area contributed by atoms with Crippen molar-refractivity contribution in [1.82, 2.24) is 4.31 Å². The van der Waals surface area contributed by atoms with Gasteiger partial charge >= 0.3 is 0 Å². The summed E-state index contributed by atoms with van der Waals surface area (Å²) in [5, 5.41) is 2.84. The van der Waals surface area contributed by atoms with E-state index >= 15 is 0 Å². The zero-order valence-corrected chi connectivity index (χ0v) is 17.6. The highest BCUT2D eigenvalue weighted by Gasteiger charge is 2.34. The highest BCUT2D eigenvalue weighted by molar-refractivity contribution is 7.89. The molecular weight excluding hydrogens is 402 g/mol. The average molecular weight is 428 g/mol. The van der Waals surface area contributed by atoms with E-state index in [0.29, 0.717) is 36.0 Å². The molecule has 2 fully saturated rings. The largest absolute Gasteiger partial charge is 0.454 e. The number of carbonyl (C=O) groups excluding carboxylic acids is 1. The summed E-state index contributed by atoms with van der Waals surface area (Å²) in [4.78, 5) is 15.3. The van der Waals surface area contributed by atoms with Gasteiger partial charge in [0.1, 0.15) is 10.6 Å². The van der Waals surface area contributed by atoms with Gasteiger partial charge in [-0.05, 0) is 50.3 Å². The van der Waals surface area contributed by atoms with Crippen molar-refractivity contribution in [2.75, 3.05) is 36.4 Å². The molecule has 0 bridgehead atoms. The molecule has 158 valence electrons. The zero-order valence-electron chi connectivity index (χ0n) is 16.8. The molecule has 2 aromatic carbocycles. The number of nitrogens with one attached hydrogen (secondary N) is 1. The molecule has 0 aliphatic carbocycles. The third-order valence-corrected chi connectivity index (χ3v) is 7.97. The minimum absolute atomic E-state index is 0.203. The molecule has 30 heavy (non-hydrogen) atoms. The first kappa shape index (κ1) is 19.4. The van der Waals surface area contributed by atoms with Gasteiger partial charge in [0.2, 0.25) is 10.0 Å². The van der Waals surface area contributed by atoms with Gasteiger partial charge in [-0.2, -0.15) is 4.31 Å². The topological polar surface area (TPSA) is 79.0 Å². The quantitative estimate of drug-likeness (QED) is 0.806. The number of nitrogens with zero attached hydrogens (tertiary/aromatic N) is 2. The first-order chi connectivity index (χ1) is 14.5. The Balaban J connectivity index is 1.67. The van der Waals surface area contributed by atoms with E-state index in [2.05, 4.69) is 10.2 Å². The number of para-hydroxylation sites is 2. The molecule has 0 saturated carbocycles. The number of amides is 1. The summed E-state index contributed by atoms with van der Waals surface area (Å²) in [7, 11) is -3.70. The van der Waals surface area contributed by atoms with Crippen LogP contribution in [-0.2, 0) is 10.0 Å². The van der Waals surface area contributed by atoms with E-state index in [1.807, 2.05) is 12.1 Å². The Morgan fingerprint density at radius 1 is 0.867 bits per heavy atom. The van der Waals surface area contributed by atoms with Crippen molar-refractivity contribution in [3.05, 3.63) is 42.0 Å². The molecule has 2 saturated heterocycles. The fourth-order valence-corrected chi connectivity index (χ4v) is 6.17. The molecule has 7 nitrogen and oxygen atoms in total. The first-order valence-electron chi connectivity index (χ1n) is 10.6. The van der Waals surface area contributed by atoms with Crippen molar-refractivity contribution in [3.63, 3.8) is 0 Å². The standard InChI is InChI=1S/C22H25N3O4S/c26-22-16-14-21(30(27,28)25-12-6-7-13-25)18(24-10-4-1-5-11-24)15-20(16)29-19-9-3-2-8-17(19)23-22/h2-3,8-9,14-15H,1,4-7,10-13H2,(H,23,26). The zero-order chi connectivity index (χ0) is 20.7. The van der Waals surface area contributed by atoms with E-state index in [1.54, 1.807) is 18.2 Å². The molecule has 1 amide bonds. The molecule has 0 unspecified atom stereocenters. The molecule has 3 aliphatic heterocycles. The van der Waals surface area contributed by atoms with E-state index < -0.39 is 10.0 Å². The van der Waals surface area contributed by atoms with Crippen LogP contribution in [0.4, 0.5) is 11.4 Å². The monoisotopic (exact) mass is 427 g/mol. The van der Waals surface area contributed by atoms with Gasteiger partial charge in [0, 0.05) is 32.2 Å². The molecule has 1 N–H and O–H groups in total. The van der Waals surface area contributed by atoms with Gasteiger partial charge in [-0.1, -0.05) is 12.1 Å². The van der Waals surface area contributed by atoms with Crippen LogP contribution in [0.5, 0.6) is 11.5 Å². The molecule has 0 radical (unpaired) electrons. The fourth-order valence-electron chi connectivity index (χ4n) is 4.43. The molecule has 5 rings (SSSR count). The summed E-state index contributed by atoms with van der Waals surface area (Å²) in [5.74, 6) is 0.570. The minimum Gasteiger partial charge on any atom is -0.454 e. The van der Waals surface area contributed by atoms with Gasteiger partial charge < -0.3 is 15.0 Å². The SMILES string of the molecule is O=C1Nc2ccccc2Oc2cc(N3CCCCC3)c(S(=O)(=O)N3CCCC3)cc21. The Bertz CT molecular complexity index is 1090. The maximum Gasteiger partial charge on any atom is 0.259 e. The number of benzene rings is 2. The summed E-state index contributed by atoms with van der Waals surface area (Å²) in [6, 6.07) is 10.5. The van der Waals surface area contributed by atoms with Crippen LogP contribution in [-0.4, -0.2) is 44.8 Å². The Morgan fingerprint density at radius 2 is 1.57 bits per heavy atom. The number of sulfonamides is 1. The smallest absolute Gasteiger partial charge is 0.259 e. The van der Waals surface area contributed by atoms with E-state index in [0.717, 1.165) is 45.2 Å². The molecule has 2 aromatic rings. The number of carbonyl (C=O) groups is 1. The van der Waals surface area contributed by atoms with Crippen molar-refractivity contribution in [2.24, 2.45) is 0 Å². The van der Waals surface area contributed by atoms with Gasteiger partial charge in [0.05, 0.1) is 16.9 Å². The molecule has 0 aromatic heterocycles. The maximum atomic E-state index is 13.5. The second kappa shape index (κ2) is 7.59. The van der Waals surface area contributed by atoms with E-state index in [4.69, 9.17) is 4.74 Å². The van der Waals surface area contributed by atoms with Crippen molar-refractivity contribution in [3.8, 4) is 11.5 Å². The number of hydrogen-bond donors (Lipinski definition) is 1. The molecular formula is C22H25N3O4S. The number of hydrogen-bond acceptors (Lipinski definition) is 5. The first-order valence-corrected chi connectivity index (χ1v) is 12.0. The summed E-state index contributed by atoms with van der Waals surface area (Å²) in [6.07, 6.45) is 4.90. The van der Waals surface area contributed by atoms with Crippen LogP contribution in [0.25, 0.3) is 0 Å². The van der Waals surface area contributed by atoms with Gasteiger partial charge in [0.15, 0.2) is 5.75 Å². The number of rotatable bonds is 3. The van der Waals surface area contributed by atoms with Crippen LogP contribution in [0.2, 0.25) is 0 Å². The lowest BCUT2D eigenvalue weighted by molar-refractivity contribution is 0.102. The minimum atomic E-state index is -3.70. The highest BCUT2D eigenvalue weighted by atomic mass is 32.2. The normalized spacial score (nSPS) is 19.5. The summed E-state index contributed by atoms with van der Waals surface area (Å²) in [6.45, 7) is 2.63. The van der Waals surface area contributed by atoms with Crippen LogP contribution < -0.4 is 15.0 Å². The number of piperidine rings is 1. The molecule has 3 heterocycles. The second-order valence-electron chi connectivity index (χ2n) is 8.03. The Hall–Kier alpha value is -2.58. The lowest BCUT2D eigenvalue weighted by Gasteiger charge is -2.32. The molecule has 0 atom stereocenters. The van der Waals surface area contributed by atoms with Gasteiger partial charge in [-0.15, -0.1) is 0 Å². The van der Waals surface area contributed by atoms with Crippen LogP contribution in [0.15, 0.2) is 41.3 Å². The van der Waals surface area contributed by atoms with Crippen molar-refractivity contribution >= 4 is 27.3 Å². The van der Waals surface area contributed by atoms with Crippen LogP contribution in [0.1, 0.15) is 42.5 Å². The Morgan fingerprint density at radius 3 is 2.33 bits per heavy atom. The predicted octanol–water partition coefficient (Wildman–Crippen LogP) is 3.82. The van der Waals surface area contributed by atoms with E-state index in [-0.39, 0.29) is 16.4 Å². The van der Waals surface area contributed by atoms with Gasteiger partial charge in [0.25, 0.3) is 5.91 Å². The molecule has 3 aliphatic rings. The maximum absolute atomic E-state index is 13.5. The second-order valence-corrected chi connectivity index (χ2v) is 9.93. The highest BCUT2D eigenvalue weighted by Crippen LogP contribution is 2.41. The van der Waals surface area contributed by atoms with Crippen molar-refractivity contribution < 1.29 is 17.9 Å². The van der Waals surface area contributed by atoms with Crippen LogP contribution >= 0.6 is 0 Å². The van der Waals surface area contributed by atoms with Gasteiger partial charge in [-0.25, -0.2) is 8.42 Å². The summed E-state index contributed by atoms with van der Waals surface area (Å²) >= 11 is 0. The van der Waals surface area contributed by atoms with E-state index in [9.17, 15) is 13.2 Å². The lowest BCUT2D eigenvalue weighted by Crippen LogP contribution is -2.34. The number of anilines is 2. The fraction of sp³-hybridized carbons (Fsp3) is 0.409. The van der Waals surface area contributed by atoms with Crippen molar-refractivity contribution in [2.45, 2.75) is 37.0 Å². The Labute approximate surface area is 176 Å². The van der Waals surface area contributed by atoms with Crippen LogP contribution in [0, 0.1) is 0 Å². The Kier molecular flexibility index (Phi) is 4.91. The summed E-state index contributed by atoms with van der Waals surface area (Å²) in [5.41, 5.74) is 1.44. The van der Waals surface area contributed by atoms with Gasteiger partial charge in [-0.3, -0.25) is 4.79 Å². The van der Waals surface area contributed by atoms with Crippen molar-refractivity contribution in [1.29, 1.82) is 0 Å². The number of fused-ring (bicyclic) bond motifs is 2.